The Morgan fingerprint density at radius 2 is 1.60 bits per heavy atom. The number of hydrogen-bond acceptors (Lipinski definition) is 4. The number of nitrogens with zero attached hydrogens (tertiary/aromatic N) is 1. The van der Waals surface area contributed by atoms with Crippen LogP contribution < -0.4 is 5.43 Å². The standard InChI is InChI=1S/C29H30N2O4/c1-22(32)31(19-17-24-12-14-27(15-13-24)29(34)35)30-18-16-28(33)21-26-9-5-8-25(20-26)11-10-23-6-3-2-4-7-23/h2-9,12-15,20,28,30,33H,16-19,21H2,1H3,(H,34,35). The van der Waals surface area contributed by atoms with Crippen LogP contribution in [0.1, 0.15) is 46.0 Å². The van der Waals surface area contributed by atoms with Gasteiger partial charge in [0.1, 0.15) is 0 Å². The number of carbonyl (C=O) groups excluding carboxylic acids is 1. The van der Waals surface area contributed by atoms with E-state index in [0.717, 1.165) is 22.3 Å². The van der Waals surface area contributed by atoms with Gasteiger partial charge in [-0.2, -0.15) is 0 Å². The first kappa shape index (κ1) is 25.7. The van der Waals surface area contributed by atoms with E-state index >= 15 is 0 Å². The Labute approximate surface area is 206 Å². The quantitative estimate of drug-likeness (QED) is 0.311. The molecule has 3 N–H and O–H groups in total. The van der Waals surface area contributed by atoms with Gasteiger partial charge in [-0.25, -0.2) is 10.2 Å². The third kappa shape index (κ3) is 8.74. The zero-order valence-electron chi connectivity index (χ0n) is 19.8. The third-order valence-corrected chi connectivity index (χ3v) is 5.51. The Hall–Kier alpha value is -3.92. The fourth-order valence-electron chi connectivity index (χ4n) is 3.58. The molecule has 0 spiro atoms. The Balaban J connectivity index is 1.46. The lowest BCUT2D eigenvalue weighted by Gasteiger charge is -2.23. The number of carbonyl (C=O) groups is 2. The predicted molar refractivity (Wildman–Crippen MR) is 136 cm³/mol. The largest absolute Gasteiger partial charge is 0.478 e. The highest BCUT2D eigenvalue weighted by molar-refractivity contribution is 5.87. The lowest BCUT2D eigenvalue weighted by Crippen LogP contribution is -2.44. The third-order valence-electron chi connectivity index (χ3n) is 5.51. The Bertz CT molecular complexity index is 1180. The van der Waals surface area contributed by atoms with E-state index < -0.39 is 12.1 Å². The number of carboxylic acids is 1. The van der Waals surface area contributed by atoms with Gasteiger partial charge in [-0.15, -0.1) is 0 Å². The fourth-order valence-corrected chi connectivity index (χ4v) is 3.58. The molecule has 0 aliphatic rings. The average molecular weight is 471 g/mol. The molecule has 180 valence electrons. The van der Waals surface area contributed by atoms with Gasteiger partial charge in [0, 0.05) is 31.1 Å². The van der Waals surface area contributed by atoms with Crippen LogP contribution in [0.2, 0.25) is 0 Å². The van der Waals surface area contributed by atoms with Crippen molar-refractivity contribution in [2.45, 2.75) is 32.3 Å². The van der Waals surface area contributed by atoms with Crippen LogP contribution in [0, 0.1) is 11.8 Å². The van der Waals surface area contributed by atoms with E-state index in [2.05, 4.69) is 17.3 Å². The lowest BCUT2D eigenvalue weighted by molar-refractivity contribution is -0.132. The highest BCUT2D eigenvalue weighted by Gasteiger charge is 2.11. The summed E-state index contributed by atoms with van der Waals surface area (Å²) >= 11 is 0. The van der Waals surface area contributed by atoms with Gasteiger partial charge in [0.05, 0.1) is 11.7 Å². The minimum atomic E-state index is -0.964. The zero-order valence-corrected chi connectivity index (χ0v) is 19.8. The van der Waals surface area contributed by atoms with Crippen LogP contribution >= 0.6 is 0 Å². The molecule has 0 heterocycles. The number of hydrogen-bond donors (Lipinski definition) is 3. The molecule has 0 radical (unpaired) electrons. The molecule has 0 bridgehead atoms. The van der Waals surface area contributed by atoms with Crippen LogP contribution in [0.4, 0.5) is 0 Å². The number of aliphatic hydroxyl groups is 1. The maximum absolute atomic E-state index is 12.0. The minimum absolute atomic E-state index is 0.119. The van der Waals surface area contributed by atoms with Gasteiger partial charge in [-0.05, 0) is 66.8 Å². The predicted octanol–water partition coefficient (Wildman–Crippen LogP) is 3.67. The van der Waals surface area contributed by atoms with Crippen molar-refractivity contribution in [2.24, 2.45) is 0 Å². The number of aliphatic hydroxyl groups excluding tert-OH is 1. The van der Waals surface area contributed by atoms with Crippen LogP contribution in [0.3, 0.4) is 0 Å². The smallest absolute Gasteiger partial charge is 0.335 e. The molecule has 0 aliphatic carbocycles. The van der Waals surface area contributed by atoms with Crippen LogP contribution in [0.5, 0.6) is 0 Å². The molecule has 0 aromatic heterocycles. The summed E-state index contributed by atoms with van der Waals surface area (Å²) in [6.45, 7) is 2.38. The van der Waals surface area contributed by atoms with Crippen molar-refractivity contribution in [3.63, 3.8) is 0 Å². The van der Waals surface area contributed by atoms with Crippen molar-refractivity contribution >= 4 is 11.9 Å². The van der Waals surface area contributed by atoms with E-state index in [-0.39, 0.29) is 11.5 Å². The van der Waals surface area contributed by atoms with E-state index in [1.807, 2.05) is 54.6 Å². The van der Waals surface area contributed by atoms with Crippen LogP contribution in [0.15, 0.2) is 78.9 Å². The summed E-state index contributed by atoms with van der Waals surface area (Å²) in [5, 5.41) is 21.0. The summed E-state index contributed by atoms with van der Waals surface area (Å²) in [6, 6.07) is 24.3. The molecule has 0 aliphatic heterocycles. The number of nitrogens with one attached hydrogen (secondary N) is 1. The second kappa shape index (κ2) is 13.1. The Morgan fingerprint density at radius 1 is 0.914 bits per heavy atom. The van der Waals surface area contributed by atoms with Gasteiger partial charge in [-0.1, -0.05) is 54.3 Å². The minimum Gasteiger partial charge on any atom is -0.478 e. The summed E-state index contributed by atoms with van der Waals surface area (Å²) in [4.78, 5) is 23.0. The normalized spacial score (nSPS) is 11.3. The molecule has 0 saturated heterocycles. The van der Waals surface area contributed by atoms with Crippen molar-refractivity contribution in [3.05, 3.63) is 107 Å². The Kier molecular flexibility index (Phi) is 9.61. The van der Waals surface area contributed by atoms with Gasteiger partial charge >= 0.3 is 5.97 Å². The number of rotatable bonds is 10. The molecule has 35 heavy (non-hydrogen) atoms. The van der Waals surface area contributed by atoms with E-state index in [9.17, 15) is 14.7 Å². The molecule has 1 amide bonds. The number of hydrazine groups is 1. The van der Waals surface area contributed by atoms with Crippen LogP contribution in [-0.2, 0) is 17.6 Å². The molecular formula is C29H30N2O4. The maximum atomic E-state index is 12.0. The molecule has 6 nitrogen and oxygen atoms in total. The van der Waals surface area contributed by atoms with Crippen LogP contribution in [0.25, 0.3) is 0 Å². The van der Waals surface area contributed by atoms with Crippen LogP contribution in [-0.4, -0.2) is 46.3 Å². The first-order valence-corrected chi connectivity index (χ1v) is 11.6. The molecule has 6 heteroatoms. The van der Waals surface area contributed by atoms with E-state index in [1.54, 1.807) is 24.3 Å². The summed E-state index contributed by atoms with van der Waals surface area (Å²) in [6.07, 6.45) is 1.01. The summed E-state index contributed by atoms with van der Waals surface area (Å²) in [7, 11) is 0. The number of aromatic carboxylic acids is 1. The van der Waals surface area contributed by atoms with E-state index in [0.29, 0.717) is 32.4 Å². The first-order chi connectivity index (χ1) is 16.9. The number of amides is 1. The maximum Gasteiger partial charge on any atom is 0.335 e. The van der Waals surface area contributed by atoms with E-state index in [1.165, 1.54) is 11.9 Å². The second-order valence-corrected chi connectivity index (χ2v) is 8.29. The average Bonchev–Trinajstić information content (AvgIpc) is 2.85. The SMILES string of the molecule is CC(=O)N(CCc1ccc(C(=O)O)cc1)NCCC(O)Cc1cccc(C#Cc2ccccc2)c1. The van der Waals surface area contributed by atoms with Crippen molar-refractivity contribution in [1.29, 1.82) is 0 Å². The monoisotopic (exact) mass is 470 g/mol. The number of carboxylic acid groups (broad SMARTS) is 1. The van der Waals surface area contributed by atoms with Gasteiger partial charge in [0.2, 0.25) is 5.91 Å². The highest BCUT2D eigenvalue weighted by Crippen LogP contribution is 2.10. The topological polar surface area (TPSA) is 89.9 Å². The molecule has 0 saturated carbocycles. The molecule has 3 aromatic rings. The molecule has 3 rings (SSSR count). The van der Waals surface area contributed by atoms with Crippen molar-refractivity contribution in [3.8, 4) is 11.8 Å². The van der Waals surface area contributed by atoms with Gasteiger partial charge in [0.15, 0.2) is 0 Å². The summed E-state index contributed by atoms with van der Waals surface area (Å²) in [5.74, 6) is 5.23. The van der Waals surface area contributed by atoms with Crippen molar-refractivity contribution < 1.29 is 19.8 Å². The van der Waals surface area contributed by atoms with Crippen molar-refractivity contribution in [1.82, 2.24) is 10.4 Å². The molecular weight excluding hydrogens is 440 g/mol. The highest BCUT2D eigenvalue weighted by atomic mass is 16.4. The first-order valence-electron chi connectivity index (χ1n) is 11.6. The lowest BCUT2D eigenvalue weighted by atomic mass is 10.0. The van der Waals surface area contributed by atoms with E-state index in [4.69, 9.17) is 5.11 Å². The molecule has 3 aromatic carbocycles. The number of benzene rings is 3. The molecule has 1 atom stereocenters. The van der Waals surface area contributed by atoms with Gasteiger partial charge < -0.3 is 10.2 Å². The summed E-state index contributed by atoms with van der Waals surface area (Å²) in [5.41, 5.74) is 7.13. The summed E-state index contributed by atoms with van der Waals surface area (Å²) < 4.78 is 0. The van der Waals surface area contributed by atoms with Crippen molar-refractivity contribution in [2.75, 3.05) is 13.1 Å². The molecule has 0 fully saturated rings. The van der Waals surface area contributed by atoms with Gasteiger partial charge in [-0.3, -0.25) is 9.80 Å². The zero-order chi connectivity index (χ0) is 25.0. The second-order valence-electron chi connectivity index (χ2n) is 8.29. The molecule has 1 unspecified atom stereocenters. The fraction of sp³-hybridized carbons (Fsp3) is 0.241. The van der Waals surface area contributed by atoms with Gasteiger partial charge in [0.25, 0.3) is 0 Å². The Morgan fingerprint density at radius 3 is 2.29 bits per heavy atom.